The molecule has 0 amide bonds. The van der Waals surface area contributed by atoms with E-state index >= 15 is 0 Å². The van der Waals surface area contributed by atoms with Crippen molar-refractivity contribution in [3.05, 3.63) is 11.9 Å². The first-order valence-electron chi connectivity index (χ1n) is 9.08. The largest absolute Gasteiger partial charge is 0.387 e. The fourth-order valence-electron chi connectivity index (χ4n) is 2.87. The molecular weight excluding hydrogens is 286 g/mol. The molecule has 0 aromatic carbocycles. The van der Waals surface area contributed by atoms with Gasteiger partial charge in [0.25, 0.3) is 0 Å². The molecule has 0 fully saturated rings. The lowest BCUT2D eigenvalue weighted by Crippen LogP contribution is -2.46. The van der Waals surface area contributed by atoms with Crippen LogP contribution in [-0.2, 0) is 13.0 Å². The molecular formula is C19H37N3O. The normalized spacial score (nSPS) is 15.7. The molecule has 0 bridgehead atoms. The Morgan fingerprint density at radius 3 is 2.22 bits per heavy atom. The van der Waals surface area contributed by atoms with Crippen LogP contribution >= 0.6 is 0 Å². The highest BCUT2D eigenvalue weighted by molar-refractivity contribution is 4.98. The topological polar surface area (TPSA) is 50.9 Å². The van der Waals surface area contributed by atoms with E-state index in [1.54, 1.807) is 0 Å². The van der Waals surface area contributed by atoms with Crippen LogP contribution in [-0.4, -0.2) is 25.7 Å². The van der Waals surface area contributed by atoms with Gasteiger partial charge < -0.3 is 5.11 Å². The van der Waals surface area contributed by atoms with E-state index in [-0.39, 0.29) is 5.41 Å². The Balaban J connectivity index is 2.57. The molecule has 134 valence electrons. The van der Waals surface area contributed by atoms with E-state index in [1.807, 2.05) is 17.8 Å². The van der Waals surface area contributed by atoms with E-state index in [9.17, 15) is 5.11 Å². The molecule has 0 saturated carbocycles. The molecule has 1 N–H and O–H groups in total. The van der Waals surface area contributed by atoms with E-state index in [0.29, 0.717) is 18.4 Å². The van der Waals surface area contributed by atoms with E-state index in [1.165, 1.54) is 19.3 Å². The predicted octanol–water partition coefficient (Wildman–Crippen LogP) is 4.61. The molecule has 0 saturated heterocycles. The Hall–Kier alpha value is -0.900. The van der Waals surface area contributed by atoms with Crippen molar-refractivity contribution in [2.24, 2.45) is 10.8 Å². The van der Waals surface area contributed by atoms with Crippen LogP contribution in [0.1, 0.15) is 86.3 Å². The summed E-state index contributed by atoms with van der Waals surface area (Å²) in [5.74, 6) is 0. The number of hydrogen-bond donors (Lipinski definition) is 1. The van der Waals surface area contributed by atoms with Crippen molar-refractivity contribution in [1.82, 2.24) is 15.0 Å². The molecule has 0 radical (unpaired) electrons. The van der Waals surface area contributed by atoms with Crippen molar-refractivity contribution < 1.29 is 5.11 Å². The molecule has 0 spiro atoms. The average Bonchev–Trinajstić information content (AvgIpc) is 2.83. The molecule has 1 atom stereocenters. The Morgan fingerprint density at radius 1 is 1.04 bits per heavy atom. The smallest absolute Gasteiger partial charge is 0.0888 e. The minimum absolute atomic E-state index is 0.183. The molecule has 0 unspecified atom stereocenters. The number of rotatable bonds is 8. The van der Waals surface area contributed by atoms with Crippen molar-refractivity contribution in [2.75, 3.05) is 0 Å². The molecule has 1 aromatic heterocycles. The van der Waals surface area contributed by atoms with Gasteiger partial charge >= 0.3 is 0 Å². The van der Waals surface area contributed by atoms with E-state index in [0.717, 1.165) is 18.5 Å². The number of unbranched alkanes of at least 4 members (excludes halogenated alkanes) is 2. The monoisotopic (exact) mass is 323 g/mol. The first kappa shape index (κ1) is 20.1. The predicted molar refractivity (Wildman–Crippen MR) is 96.3 cm³/mol. The quantitative estimate of drug-likeness (QED) is 0.710. The standard InChI is InChI=1S/C19H37N3O/c1-8-19(23,18(5,6)7)15-22-16(14-20-21-22)12-10-9-11-13-17(2,3)4/h14,23H,8-13,15H2,1-7H3/t19-/m1/s1. The maximum absolute atomic E-state index is 11.0. The van der Waals surface area contributed by atoms with Crippen LogP contribution in [0.2, 0.25) is 0 Å². The van der Waals surface area contributed by atoms with Gasteiger partial charge in [-0.2, -0.15) is 0 Å². The highest BCUT2D eigenvalue weighted by atomic mass is 16.3. The molecule has 0 aliphatic rings. The minimum atomic E-state index is -0.762. The third kappa shape index (κ3) is 6.25. The molecule has 1 rings (SSSR count). The summed E-state index contributed by atoms with van der Waals surface area (Å²) in [5, 5.41) is 19.2. The summed E-state index contributed by atoms with van der Waals surface area (Å²) in [5.41, 5.74) is 0.615. The van der Waals surface area contributed by atoms with Crippen LogP contribution in [0.15, 0.2) is 6.20 Å². The Bertz CT molecular complexity index is 468. The maximum Gasteiger partial charge on any atom is 0.0888 e. The van der Waals surface area contributed by atoms with Gasteiger partial charge in [-0.25, -0.2) is 4.68 Å². The summed E-state index contributed by atoms with van der Waals surface area (Å²) in [6, 6.07) is 0. The summed E-state index contributed by atoms with van der Waals surface area (Å²) in [4.78, 5) is 0. The lowest BCUT2D eigenvalue weighted by molar-refractivity contribution is -0.0770. The lowest BCUT2D eigenvalue weighted by Gasteiger charge is -2.39. The Morgan fingerprint density at radius 2 is 1.70 bits per heavy atom. The Kier molecular flexibility index (Phi) is 6.81. The van der Waals surface area contributed by atoms with Gasteiger partial charge in [-0.15, -0.1) is 5.10 Å². The summed E-state index contributed by atoms with van der Waals surface area (Å²) >= 11 is 0. The molecule has 4 heteroatoms. The van der Waals surface area contributed by atoms with Gasteiger partial charge in [0.1, 0.15) is 0 Å². The van der Waals surface area contributed by atoms with E-state index < -0.39 is 5.60 Å². The van der Waals surface area contributed by atoms with Crippen molar-refractivity contribution in [3.63, 3.8) is 0 Å². The summed E-state index contributed by atoms with van der Waals surface area (Å²) in [7, 11) is 0. The van der Waals surface area contributed by atoms with Crippen molar-refractivity contribution >= 4 is 0 Å². The van der Waals surface area contributed by atoms with Gasteiger partial charge in [-0.1, -0.05) is 66.5 Å². The van der Waals surface area contributed by atoms with Crippen LogP contribution in [0.25, 0.3) is 0 Å². The molecule has 1 aromatic rings. The fourth-order valence-corrected chi connectivity index (χ4v) is 2.87. The van der Waals surface area contributed by atoms with Crippen molar-refractivity contribution in [1.29, 1.82) is 0 Å². The first-order valence-corrected chi connectivity index (χ1v) is 9.08. The highest BCUT2D eigenvalue weighted by Crippen LogP contribution is 2.34. The molecule has 0 aliphatic carbocycles. The second-order valence-electron chi connectivity index (χ2n) is 9.14. The number of nitrogens with zero attached hydrogens (tertiary/aromatic N) is 3. The van der Waals surface area contributed by atoms with Crippen LogP contribution in [0.5, 0.6) is 0 Å². The first-order chi connectivity index (χ1) is 10.5. The SMILES string of the molecule is CC[C@@](O)(Cn1nncc1CCCCCC(C)(C)C)C(C)(C)C. The third-order valence-electron chi connectivity index (χ3n) is 4.95. The molecule has 0 aliphatic heterocycles. The van der Waals surface area contributed by atoms with Gasteiger partial charge in [0.2, 0.25) is 0 Å². The van der Waals surface area contributed by atoms with Crippen LogP contribution < -0.4 is 0 Å². The van der Waals surface area contributed by atoms with E-state index in [2.05, 4.69) is 51.9 Å². The van der Waals surface area contributed by atoms with E-state index in [4.69, 9.17) is 0 Å². The summed E-state index contributed by atoms with van der Waals surface area (Å²) in [6.45, 7) is 15.7. The molecule has 23 heavy (non-hydrogen) atoms. The number of aliphatic hydroxyl groups is 1. The van der Waals surface area contributed by atoms with Crippen LogP contribution in [0.3, 0.4) is 0 Å². The zero-order valence-electron chi connectivity index (χ0n) is 16.3. The van der Waals surface area contributed by atoms with Gasteiger partial charge in [0, 0.05) is 0 Å². The second kappa shape index (κ2) is 7.78. The van der Waals surface area contributed by atoms with Crippen molar-refractivity contribution in [3.8, 4) is 0 Å². The Labute approximate surface area is 142 Å². The highest BCUT2D eigenvalue weighted by Gasteiger charge is 2.39. The van der Waals surface area contributed by atoms with Gasteiger partial charge in [-0.05, 0) is 36.5 Å². The third-order valence-corrected chi connectivity index (χ3v) is 4.95. The molecule has 1 heterocycles. The van der Waals surface area contributed by atoms with Crippen molar-refractivity contribution in [2.45, 2.75) is 99.1 Å². The number of aryl methyl sites for hydroxylation is 1. The van der Waals surface area contributed by atoms with Crippen LogP contribution in [0.4, 0.5) is 0 Å². The summed E-state index contributed by atoms with van der Waals surface area (Å²) in [6.07, 6.45) is 8.48. The average molecular weight is 324 g/mol. The van der Waals surface area contributed by atoms with Crippen LogP contribution in [0, 0.1) is 10.8 Å². The minimum Gasteiger partial charge on any atom is -0.387 e. The number of hydrogen-bond acceptors (Lipinski definition) is 3. The lowest BCUT2D eigenvalue weighted by atomic mass is 9.74. The fraction of sp³-hybridized carbons (Fsp3) is 0.895. The zero-order valence-corrected chi connectivity index (χ0v) is 16.3. The molecule has 4 nitrogen and oxygen atoms in total. The maximum atomic E-state index is 11.0. The second-order valence-corrected chi connectivity index (χ2v) is 9.14. The van der Waals surface area contributed by atoms with Gasteiger partial charge in [0.05, 0.1) is 24.0 Å². The summed E-state index contributed by atoms with van der Waals surface area (Å²) < 4.78 is 1.90. The van der Waals surface area contributed by atoms with Gasteiger partial charge in [-0.3, -0.25) is 0 Å². The zero-order chi connectivity index (χ0) is 17.7. The van der Waals surface area contributed by atoms with Gasteiger partial charge in [0.15, 0.2) is 0 Å². The number of aromatic nitrogens is 3.